The molecule has 0 unspecified atom stereocenters. The summed E-state index contributed by atoms with van der Waals surface area (Å²) in [5.41, 5.74) is 4.41. The van der Waals surface area contributed by atoms with E-state index in [1.165, 1.54) is 16.3 Å². The number of aliphatic hydroxyl groups is 1. The molecule has 2 N–H and O–H groups in total. The van der Waals surface area contributed by atoms with Crippen LogP contribution in [0.2, 0.25) is 0 Å². The first-order chi connectivity index (χ1) is 14.7. The van der Waals surface area contributed by atoms with Crippen molar-refractivity contribution in [2.45, 2.75) is 26.2 Å². The fraction of sp³-hybridized carbons (Fsp3) is 0.185. The molecule has 30 heavy (non-hydrogen) atoms. The van der Waals surface area contributed by atoms with Crippen molar-refractivity contribution < 1.29 is 9.84 Å². The quantitative estimate of drug-likeness (QED) is 0.410. The van der Waals surface area contributed by atoms with Crippen molar-refractivity contribution in [3.8, 4) is 5.75 Å². The van der Waals surface area contributed by atoms with Crippen LogP contribution in [0.4, 0.5) is 0 Å². The van der Waals surface area contributed by atoms with E-state index in [0.29, 0.717) is 19.7 Å². The van der Waals surface area contributed by atoms with E-state index in [1.807, 2.05) is 42.5 Å². The Labute approximate surface area is 178 Å². The van der Waals surface area contributed by atoms with Crippen LogP contribution in [0.3, 0.4) is 0 Å². The summed E-state index contributed by atoms with van der Waals surface area (Å²) in [4.78, 5) is 0. The van der Waals surface area contributed by atoms with Crippen molar-refractivity contribution in [3.05, 3.63) is 113 Å². The second kappa shape index (κ2) is 9.57. The second-order valence-corrected chi connectivity index (χ2v) is 7.60. The van der Waals surface area contributed by atoms with Crippen molar-refractivity contribution in [2.75, 3.05) is 6.54 Å². The first kappa shape index (κ1) is 20.1. The zero-order chi connectivity index (χ0) is 20.8. The van der Waals surface area contributed by atoms with Crippen molar-refractivity contribution in [1.29, 1.82) is 0 Å². The Balaban J connectivity index is 1.50. The Morgan fingerprint density at radius 1 is 0.833 bits per heavy atom. The zero-order valence-corrected chi connectivity index (χ0v) is 17.2. The van der Waals surface area contributed by atoms with Crippen molar-refractivity contribution in [2.24, 2.45) is 0 Å². The molecular weight excluding hydrogens is 370 g/mol. The molecular formula is C27H27NO2. The van der Waals surface area contributed by atoms with Gasteiger partial charge in [-0.3, -0.25) is 0 Å². The lowest BCUT2D eigenvalue weighted by atomic mass is 10.0. The van der Waals surface area contributed by atoms with Gasteiger partial charge in [-0.1, -0.05) is 90.5 Å². The van der Waals surface area contributed by atoms with Crippen molar-refractivity contribution in [1.82, 2.24) is 5.32 Å². The molecule has 0 heterocycles. The second-order valence-electron chi connectivity index (χ2n) is 7.60. The number of benzene rings is 4. The number of ether oxygens (including phenoxy) is 1. The van der Waals surface area contributed by atoms with Gasteiger partial charge in [0.05, 0.1) is 6.10 Å². The number of aryl methyl sites for hydroxylation is 1. The third-order valence-electron chi connectivity index (χ3n) is 5.34. The number of hydrogen-bond donors (Lipinski definition) is 2. The van der Waals surface area contributed by atoms with Crippen molar-refractivity contribution >= 4 is 10.8 Å². The van der Waals surface area contributed by atoms with Gasteiger partial charge in [0.2, 0.25) is 0 Å². The van der Waals surface area contributed by atoms with Gasteiger partial charge in [-0.05, 0) is 34.9 Å². The van der Waals surface area contributed by atoms with E-state index in [0.717, 1.165) is 22.4 Å². The molecule has 152 valence electrons. The highest BCUT2D eigenvalue weighted by Crippen LogP contribution is 2.29. The smallest absolute Gasteiger partial charge is 0.124 e. The van der Waals surface area contributed by atoms with Gasteiger partial charge >= 0.3 is 0 Å². The minimum absolute atomic E-state index is 0.477. The van der Waals surface area contributed by atoms with Crippen LogP contribution in [0.25, 0.3) is 10.8 Å². The molecule has 4 aromatic rings. The molecule has 3 nitrogen and oxygen atoms in total. The van der Waals surface area contributed by atoms with E-state index < -0.39 is 6.10 Å². The predicted octanol–water partition coefficient (Wildman–Crippen LogP) is 5.55. The molecule has 0 saturated carbocycles. The predicted molar refractivity (Wildman–Crippen MR) is 123 cm³/mol. The van der Waals surface area contributed by atoms with Gasteiger partial charge in [-0.2, -0.15) is 0 Å². The number of aliphatic hydroxyl groups excluding tert-OH is 1. The highest BCUT2D eigenvalue weighted by atomic mass is 16.5. The summed E-state index contributed by atoms with van der Waals surface area (Å²) in [6.07, 6.45) is -0.543. The SMILES string of the molecule is Cc1ccc(COc2ccc3ccccc3c2CNC[C@@H](O)c2ccccc2)cc1. The Hall–Kier alpha value is -3.14. The van der Waals surface area contributed by atoms with Crippen LogP contribution in [-0.2, 0) is 13.2 Å². The molecule has 4 aromatic carbocycles. The molecule has 0 aromatic heterocycles. The molecule has 0 bridgehead atoms. The maximum absolute atomic E-state index is 10.5. The number of hydrogen-bond acceptors (Lipinski definition) is 3. The van der Waals surface area contributed by atoms with Crippen LogP contribution in [0.5, 0.6) is 5.75 Å². The first-order valence-electron chi connectivity index (χ1n) is 10.3. The maximum Gasteiger partial charge on any atom is 0.124 e. The van der Waals surface area contributed by atoms with E-state index in [-0.39, 0.29) is 0 Å². The molecule has 1 atom stereocenters. The average molecular weight is 398 g/mol. The monoisotopic (exact) mass is 397 g/mol. The number of rotatable bonds is 8. The van der Waals surface area contributed by atoms with Gasteiger partial charge in [0.1, 0.15) is 12.4 Å². The van der Waals surface area contributed by atoms with E-state index in [4.69, 9.17) is 4.74 Å². The van der Waals surface area contributed by atoms with Crippen molar-refractivity contribution in [3.63, 3.8) is 0 Å². The van der Waals surface area contributed by atoms with E-state index in [1.54, 1.807) is 0 Å². The van der Waals surface area contributed by atoms with Crippen LogP contribution < -0.4 is 10.1 Å². The topological polar surface area (TPSA) is 41.5 Å². The van der Waals surface area contributed by atoms with Gasteiger partial charge in [0, 0.05) is 18.7 Å². The van der Waals surface area contributed by atoms with Crippen LogP contribution >= 0.6 is 0 Å². The first-order valence-corrected chi connectivity index (χ1v) is 10.3. The summed E-state index contributed by atoms with van der Waals surface area (Å²) in [6.45, 7) is 3.71. The van der Waals surface area contributed by atoms with E-state index in [2.05, 4.69) is 60.8 Å². The third kappa shape index (κ3) is 4.88. The molecule has 0 aliphatic heterocycles. The molecule has 0 aliphatic carbocycles. The molecule has 0 aliphatic rings. The average Bonchev–Trinajstić information content (AvgIpc) is 2.80. The maximum atomic E-state index is 10.5. The summed E-state index contributed by atoms with van der Waals surface area (Å²) in [5, 5.41) is 16.2. The largest absolute Gasteiger partial charge is 0.489 e. The normalized spacial score (nSPS) is 12.1. The fourth-order valence-corrected chi connectivity index (χ4v) is 3.61. The fourth-order valence-electron chi connectivity index (χ4n) is 3.61. The van der Waals surface area contributed by atoms with Gasteiger partial charge in [0.25, 0.3) is 0 Å². The highest BCUT2D eigenvalue weighted by Gasteiger charge is 2.11. The minimum atomic E-state index is -0.543. The molecule has 0 amide bonds. The van der Waals surface area contributed by atoms with Gasteiger partial charge in [-0.25, -0.2) is 0 Å². The van der Waals surface area contributed by atoms with Gasteiger partial charge in [0.15, 0.2) is 0 Å². The van der Waals surface area contributed by atoms with Gasteiger partial charge in [-0.15, -0.1) is 0 Å². The Bertz CT molecular complexity index is 1090. The zero-order valence-electron chi connectivity index (χ0n) is 17.2. The van der Waals surface area contributed by atoms with E-state index in [9.17, 15) is 5.11 Å². The van der Waals surface area contributed by atoms with Crippen LogP contribution in [0.15, 0.2) is 91.0 Å². The minimum Gasteiger partial charge on any atom is -0.489 e. The summed E-state index contributed by atoms with van der Waals surface area (Å²) < 4.78 is 6.21. The van der Waals surface area contributed by atoms with E-state index >= 15 is 0 Å². The number of fused-ring (bicyclic) bond motifs is 1. The van der Waals surface area contributed by atoms with Crippen LogP contribution in [-0.4, -0.2) is 11.7 Å². The third-order valence-corrected chi connectivity index (χ3v) is 5.34. The molecule has 4 rings (SSSR count). The van der Waals surface area contributed by atoms with Crippen LogP contribution in [0.1, 0.15) is 28.4 Å². The van der Waals surface area contributed by atoms with Gasteiger partial charge < -0.3 is 15.2 Å². The lowest BCUT2D eigenvalue weighted by Crippen LogP contribution is -2.21. The lowest BCUT2D eigenvalue weighted by molar-refractivity contribution is 0.174. The highest BCUT2D eigenvalue weighted by molar-refractivity contribution is 5.87. The summed E-state index contributed by atoms with van der Waals surface area (Å²) in [7, 11) is 0. The Morgan fingerprint density at radius 3 is 2.37 bits per heavy atom. The Kier molecular flexibility index (Phi) is 6.43. The molecule has 0 fully saturated rings. The Morgan fingerprint density at radius 2 is 1.57 bits per heavy atom. The molecule has 3 heteroatoms. The molecule has 0 saturated heterocycles. The lowest BCUT2D eigenvalue weighted by Gasteiger charge is -2.17. The summed E-state index contributed by atoms with van der Waals surface area (Å²) >= 11 is 0. The molecule has 0 radical (unpaired) electrons. The van der Waals surface area contributed by atoms with Crippen LogP contribution in [0, 0.1) is 6.92 Å². The standard InChI is InChI=1S/C27H27NO2/c1-20-11-13-21(14-12-20)19-30-27-16-15-22-7-5-6-10-24(22)25(27)17-28-18-26(29)23-8-3-2-4-9-23/h2-16,26,28-29H,17-19H2,1H3/t26-/m1/s1. The summed E-state index contributed by atoms with van der Waals surface area (Å²) in [5.74, 6) is 0.871. The summed E-state index contributed by atoms with van der Waals surface area (Å²) in [6, 6.07) is 30.6. The molecule has 0 spiro atoms. The number of nitrogens with one attached hydrogen (secondary N) is 1.